The molecule has 2 fully saturated rings. The summed E-state index contributed by atoms with van der Waals surface area (Å²) in [7, 11) is 0. The maximum Gasteiger partial charge on any atom is 0.239 e. The number of aryl methyl sites for hydroxylation is 1. The molecule has 0 bridgehead atoms. The predicted octanol–water partition coefficient (Wildman–Crippen LogP) is 1.99. The summed E-state index contributed by atoms with van der Waals surface area (Å²) in [6.07, 6.45) is 5.40. The van der Waals surface area contributed by atoms with E-state index in [-0.39, 0.29) is 18.1 Å². The summed E-state index contributed by atoms with van der Waals surface area (Å²) in [4.78, 5) is 14.3. The Morgan fingerprint density at radius 2 is 2.14 bits per heavy atom. The highest BCUT2D eigenvalue weighted by Crippen LogP contribution is 2.17. The van der Waals surface area contributed by atoms with Gasteiger partial charge in [0.25, 0.3) is 0 Å². The fraction of sp³-hybridized carbons (Fsp3) is 0.611. The topological polar surface area (TPSA) is 41.6 Å². The van der Waals surface area contributed by atoms with Gasteiger partial charge in [-0.1, -0.05) is 30.3 Å². The average Bonchev–Trinajstić information content (AvgIpc) is 3.24. The molecule has 2 unspecified atom stereocenters. The number of nitrogens with one attached hydrogen (secondary N) is 1. The lowest BCUT2D eigenvalue weighted by molar-refractivity contribution is -0.132. The van der Waals surface area contributed by atoms with Crippen LogP contribution in [0.25, 0.3) is 0 Å². The average molecular weight is 302 g/mol. The lowest BCUT2D eigenvalue weighted by Crippen LogP contribution is -2.42. The standard InChI is InChI=1S/C18H26N2O2/c21-18(17-9-4-11-19-17)20-12-10-16(14-20)22-13-5-8-15-6-2-1-3-7-15/h1-3,6-7,16-17,19H,4-5,8-14H2. The van der Waals surface area contributed by atoms with Crippen LogP contribution in [-0.4, -0.2) is 49.2 Å². The third-order valence-corrected chi connectivity index (χ3v) is 4.62. The SMILES string of the molecule is O=C(C1CCCN1)N1CCC(OCCCc2ccccc2)C1. The van der Waals surface area contributed by atoms with Crippen LogP contribution >= 0.6 is 0 Å². The first-order valence-corrected chi connectivity index (χ1v) is 8.50. The summed E-state index contributed by atoms with van der Waals surface area (Å²) in [5, 5.41) is 3.29. The molecular formula is C18H26N2O2. The lowest BCUT2D eigenvalue weighted by Gasteiger charge is -2.20. The Labute approximate surface area is 132 Å². The van der Waals surface area contributed by atoms with E-state index in [4.69, 9.17) is 4.74 Å². The van der Waals surface area contributed by atoms with Crippen LogP contribution in [0.5, 0.6) is 0 Å². The zero-order valence-electron chi connectivity index (χ0n) is 13.2. The van der Waals surface area contributed by atoms with Crippen molar-refractivity contribution >= 4 is 5.91 Å². The Kier molecular flexibility index (Phi) is 5.46. The number of nitrogens with zero attached hydrogens (tertiary/aromatic N) is 1. The molecule has 2 saturated heterocycles. The number of amides is 1. The van der Waals surface area contributed by atoms with Gasteiger partial charge in [0.05, 0.1) is 12.1 Å². The molecule has 4 heteroatoms. The van der Waals surface area contributed by atoms with E-state index in [9.17, 15) is 4.79 Å². The van der Waals surface area contributed by atoms with Gasteiger partial charge in [0.1, 0.15) is 0 Å². The summed E-state index contributed by atoms with van der Waals surface area (Å²) >= 11 is 0. The van der Waals surface area contributed by atoms with Gasteiger partial charge in [-0.05, 0) is 44.2 Å². The minimum Gasteiger partial charge on any atom is -0.376 e. The van der Waals surface area contributed by atoms with Crippen molar-refractivity contribution in [1.29, 1.82) is 0 Å². The summed E-state index contributed by atoms with van der Waals surface area (Å²) in [5.74, 6) is 0.271. The molecule has 1 N–H and O–H groups in total. The molecule has 4 nitrogen and oxygen atoms in total. The van der Waals surface area contributed by atoms with Crippen LogP contribution in [0.4, 0.5) is 0 Å². The number of carbonyl (C=O) groups excluding carboxylic acids is 1. The number of benzene rings is 1. The van der Waals surface area contributed by atoms with E-state index in [0.717, 1.165) is 58.3 Å². The number of rotatable bonds is 6. The molecule has 2 aliphatic rings. The molecule has 0 radical (unpaired) electrons. The molecule has 0 aliphatic carbocycles. The monoisotopic (exact) mass is 302 g/mol. The molecule has 2 heterocycles. The van der Waals surface area contributed by atoms with E-state index in [2.05, 4.69) is 29.6 Å². The number of carbonyl (C=O) groups is 1. The van der Waals surface area contributed by atoms with Gasteiger partial charge in [-0.15, -0.1) is 0 Å². The molecule has 1 amide bonds. The van der Waals surface area contributed by atoms with E-state index >= 15 is 0 Å². The zero-order chi connectivity index (χ0) is 15.2. The van der Waals surface area contributed by atoms with Crippen molar-refractivity contribution in [2.75, 3.05) is 26.2 Å². The quantitative estimate of drug-likeness (QED) is 0.817. The fourth-order valence-electron chi connectivity index (χ4n) is 3.35. The van der Waals surface area contributed by atoms with Crippen molar-refractivity contribution in [3.63, 3.8) is 0 Å². The largest absolute Gasteiger partial charge is 0.376 e. The molecule has 22 heavy (non-hydrogen) atoms. The summed E-state index contributed by atoms with van der Waals surface area (Å²) in [6.45, 7) is 3.37. The second-order valence-electron chi connectivity index (χ2n) is 6.30. The van der Waals surface area contributed by atoms with Gasteiger partial charge in [0.2, 0.25) is 5.91 Å². The summed E-state index contributed by atoms with van der Waals surface area (Å²) in [6, 6.07) is 10.6. The van der Waals surface area contributed by atoms with Crippen molar-refractivity contribution < 1.29 is 9.53 Å². The van der Waals surface area contributed by atoms with Gasteiger partial charge < -0.3 is 15.0 Å². The molecule has 1 aromatic rings. The molecule has 2 atom stereocenters. The van der Waals surface area contributed by atoms with Crippen molar-refractivity contribution in [3.05, 3.63) is 35.9 Å². The maximum atomic E-state index is 12.3. The van der Waals surface area contributed by atoms with Crippen LogP contribution in [0.1, 0.15) is 31.2 Å². The zero-order valence-corrected chi connectivity index (χ0v) is 13.2. The molecular weight excluding hydrogens is 276 g/mol. The Morgan fingerprint density at radius 1 is 1.27 bits per heavy atom. The predicted molar refractivity (Wildman–Crippen MR) is 86.7 cm³/mol. The third kappa shape index (κ3) is 4.08. The van der Waals surface area contributed by atoms with Crippen LogP contribution < -0.4 is 5.32 Å². The first-order chi connectivity index (χ1) is 10.8. The third-order valence-electron chi connectivity index (χ3n) is 4.62. The van der Waals surface area contributed by atoms with Crippen molar-refractivity contribution in [1.82, 2.24) is 10.2 Å². The first-order valence-electron chi connectivity index (χ1n) is 8.50. The van der Waals surface area contributed by atoms with Crippen LogP contribution in [-0.2, 0) is 16.0 Å². The van der Waals surface area contributed by atoms with E-state index in [0.29, 0.717) is 0 Å². The van der Waals surface area contributed by atoms with Crippen LogP contribution in [0.3, 0.4) is 0 Å². The van der Waals surface area contributed by atoms with Gasteiger partial charge in [0.15, 0.2) is 0 Å². The Morgan fingerprint density at radius 3 is 2.91 bits per heavy atom. The van der Waals surface area contributed by atoms with E-state index in [1.165, 1.54) is 5.56 Å². The van der Waals surface area contributed by atoms with Gasteiger partial charge in [0, 0.05) is 19.7 Å². The Balaban J connectivity index is 1.33. The Hall–Kier alpha value is -1.39. The molecule has 120 valence electrons. The van der Waals surface area contributed by atoms with E-state index < -0.39 is 0 Å². The molecule has 2 aliphatic heterocycles. The van der Waals surface area contributed by atoms with Gasteiger partial charge in [-0.25, -0.2) is 0 Å². The number of ether oxygens (including phenoxy) is 1. The molecule has 0 aromatic heterocycles. The van der Waals surface area contributed by atoms with Crippen LogP contribution in [0.2, 0.25) is 0 Å². The minimum absolute atomic E-state index is 0.0526. The highest BCUT2D eigenvalue weighted by molar-refractivity contribution is 5.82. The molecule has 3 rings (SSSR count). The number of likely N-dealkylation sites (tertiary alicyclic amines) is 1. The minimum atomic E-state index is 0.0526. The second kappa shape index (κ2) is 7.75. The fourth-order valence-corrected chi connectivity index (χ4v) is 3.35. The second-order valence-corrected chi connectivity index (χ2v) is 6.30. The molecule has 0 saturated carbocycles. The summed E-state index contributed by atoms with van der Waals surface area (Å²) in [5.41, 5.74) is 1.36. The highest BCUT2D eigenvalue weighted by Gasteiger charge is 2.32. The number of hydrogen-bond acceptors (Lipinski definition) is 3. The first kappa shape index (κ1) is 15.5. The van der Waals surface area contributed by atoms with Crippen LogP contribution in [0, 0.1) is 0 Å². The highest BCUT2D eigenvalue weighted by atomic mass is 16.5. The smallest absolute Gasteiger partial charge is 0.239 e. The van der Waals surface area contributed by atoms with Crippen molar-refractivity contribution in [2.45, 2.75) is 44.2 Å². The normalized spacial score (nSPS) is 24.8. The van der Waals surface area contributed by atoms with E-state index in [1.807, 2.05) is 11.0 Å². The van der Waals surface area contributed by atoms with Gasteiger partial charge in [-0.3, -0.25) is 4.79 Å². The van der Waals surface area contributed by atoms with Crippen molar-refractivity contribution in [3.8, 4) is 0 Å². The van der Waals surface area contributed by atoms with E-state index in [1.54, 1.807) is 0 Å². The summed E-state index contributed by atoms with van der Waals surface area (Å²) < 4.78 is 5.95. The maximum absolute atomic E-state index is 12.3. The van der Waals surface area contributed by atoms with Gasteiger partial charge in [-0.2, -0.15) is 0 Å². The Bertz CT molecular complexity index is 471. The number of hydrogen-bond donors (Lipinski definition) is 1. The lowest BCUT2D eigenvalue weighted by atomic mass is 10.1. The van der Waals surface area contributed by atoms with Gasteiger partial charge >= 0.3 is 0 Å². The molecule has 0 spiro atoms. The molecule has 1 aromatic carbocycles. The van der Waals surface area contributed by atoms with Crippen molar-refractivity contribution in [2.24, 2.45) is 0 Å². The van der Waals surface area contributed by atoms with Crippen LogP contribution in [0.15, 0.2) is 30.3 Å².